The Kier molecular flexibility index (Phi) is 7.17. The highest BCUT2D eigenvalue weighted by Gasteiger charge is 2.11. The zero-order valence-corrected chi connectivity index (χ0v) is 17.3. The van der Waals surface area contributed by atoms with Crippen LogP contribution in [0.5, 0.6) is 11.5 Å². The van der Waals surface area contributed by atoms with Gasteiger partial charge in [0.25, 0.3) is 0 Å². The van der Waals surface area contributed by atoms with Crippen molar-refractivity contribution in [3.8, 4) is 11.5 Å². The van der Waals surface area contributed by atoms with Gasteiger partial charge in [-0.05, 0) is 36.4 Å². The average molecular weight is 417 g/mol. The number of benzene rings is 3. The van der Waals surface area contributed by atoms with Gasteiger partial charge in [-0.25, -0.2) is 4.79 Å². The van der Waals surface area contributed by atoms with E-state index in [2.05, 4.69) is 5.32 Å². The molecule has 0 aromatic heterocycles. The Morgan fingerprint density at radius 2 is 1.48 bits per heavy atom. The van der Waals surface area contributed by atoms with Crippen molar-refractivity contribution in [2.45, 2.75) is 13.8 Å². The topological polar surface area (TPSA) is 81.7 Å². The van der Waals surface area contributed by atoms with E-state index in [-0.39, 0.29) is 24.2 Å². The van der Waals surface area contributed by atoms with Gasteiger partial charge in [0.1, 0.15) is 11.5 Å². The summed E-state index contributed by atoms with van der Waals surface area (Å²) in [6, 6.07) is 22.1. The summed E-state index contributed by atoms with van der Waals surface area (Å²) in [4.78, 5) is 36.3. The maximum Gasteiger partial charge on any atom is 0.349 e. The van der Waals surface area contributed by atoms with Crippen LogP contribution in [0.1, 0.15) is 29.8 Å². The van der Waals surface area contributed by atoms with Crippen molar-refractivity contribution in [2.75, 3.05) is 11.9 Å². The third kappa shape index (κ3) is 6.27. The SMILES string of the molecule is CC(C)C(=O)Nc1cccc(OCC(=O)Oc2ccc(C(=O)c3ccccc3)cc2)c1. The first kappa shape index (κ1) is 21.8. The average Bonchev–Trinajstić information content (AvgIpc) is 2.78. The molecule has 0 aliphatic rings. The number of amides is 1. The molecule has 0 fully saturated rings. The highest BCUT2D eigenvalue weighted by Crippen LogP contribution is 2.19. The lowest BCUT2D eigenvalue weighted by Crippen LogP contribution is -2.19. The quantitative estimate of drug-likeness (QED) is 0.332. The van der Waals surface area contributed by atoms with Gasteiger partial charge in [-0.2, -0.15) is 0 Å². The van der Waals surface area contributed by atoms with Crippen molar-refractivity contribution in [3.05, 3.63) is 90.0 Å². The van der Waals surface area contributed by atoms with Gasteiger partial charge >= 0.3 is 5.97 Å². The highest BCUT2D eigenvalue weighted by molar-refractivity contribution is 6.09. The van der Waals surface area contributed by atoms with E-state index in [1.54, 1.807) is 86.6 Å². The van der Waals surface area contributed by atoms with E-state index < -0.39 is 5.97 Å². The predicted octanol–water partition coefficient (Wildman–Crippen LogP) is 4.50. The van der Waals surface area contributed by atoms with Crippen molar-refractivity contribution in [1.29, 1.82) is 0 Å². The van der Waals surface area contributed by atoms with Crippen LogP contribution in [0.3, 0.4) is 0 Å². The summed E-state index contributed by atoms with van der Waals surface area (Å²) in [7, 11) is 0. The molecule has 0 saturated carbocycles. The van der Waals surface area contributed by atoms with E-state index >= 15 is 0 Å². The summed E-state index contributed by atoms with van der Waals surface area (Å²) < 4.78 is 10.7. The lowest BCUT2D eigenvalue weighted by molar-refractivity contribution is -0.136. The van der Waals surface area contributed by atoms with Gasteiger partial charge in [0, 0.05) is 28.8 Å². The van der Waals surface area contributed by atoms with Crippen LogP contribution in [-0.2, 0) is 9.59 Å². The minimum absolute atomic E-state index is 0.105. The predicted molar refractivity (Wildman–Crippen MR) is 117 cm³/mol. The smallest absolute Gasteiger partial charge is 0.349 e. The zero-order valence-electron chi connectivity index (χ0n) is 17.3. The van der Waals surface area contributed by atoms with E-state index in [9.17, 15) is 14.4 Å². The van der Waals surface area contributed by atoms with Gasteiger partial charge in [0.05, 0.1) is 0 Å². The molecule has 6 nitrogen and oxygen atoms in total. The number of hydrogen-bond donors (Lipinski definition) is 1. The lowest BCUT2D eigenvalue weighted by Gasteiger charge is -2.10. The first-order valence-corrected chi connectivity index (χ1v) is 9.86. The molecule has 0 aliphatic heterocycles. The Morgan fingerprint density at radius 1 is 0.806 bits per heavy atom. The largest absolute Gasteiger partial charge is 0.482 e. The van der Waals surface area contributed by atoms with E-state index in [4.69, 9.17) is 9.47 Å². The van der Waals surface area contributed by atoms with Crippen LogP contribution in [0.15, 0.2) is 78.9 Å². The summed E-state index contributed by atoms with van der Waals surface area (Å²) in [5.74, 6) is -0.192. The molecule has 3 rings (SSSR count). The normalized spacial score (nSPS) is 10.4. The van der Waals surface area contributed by atoms with Crippen molar-refractivity contribution in [3.63, 3.8) is 0 Å². The second-order valence-corrected chi connectivity index (χ2v) is 7.15. The summed E-state index contributed by atoms with van der Waals surface area (Å²) in [5, 5.41) is 2.77. The van der Waals surface area contributed by atoms with Crippen LogP contribution in [0.2, 0.25) is 0 Å². The van der Waals surface area contributed by atoms with E-state index in [0.29, 0.717) is 28.3 Å². The molecule has 158 valence electrons. The Labute approximate surface area is 180 Å². The first-order chi connectivity index (χ1) is 14.9. The number of rotatable bonds is 8. The van der Waals surface area contributed by atoms with Crippen LogP contribution in [0, 0.1) is 5.92 Å². The number of carbonyl (C=O) groups is 3. The third-order valence-electron chi connectivity index (χ3n) is 4.37. The van der Waals surface area contributed by atoms with Crippen LogP contribution in [0.4, 0.5) is 5.69 Å². The summed E-state index contributed by atoms with van der Waals surface area (Å²) in [6.07, 6.45) is 0. The Balaban J connectivity index is 1.53. The fraction of sp³-hybridized carbons (Fsp3) is 0.160. The third-order valence-corrected chi connectivity index (χ3v) is 4.37. The monoisotopic (exact) mass is 417 g/mol. The fourth-order valence-electron chi connectivity index (χ4n) is 2.68. The van der Waals surface area contributed by atoms with Gasteiger partial charge in [-0.1, -0.05) is 50.2 Å². The molecule has 0 heterocycles. The summed E-state index contributed by atoms with van der Waals surface area (Å²) in [6.45, 7) is 3.30. The number of ketones is 1. The minimum atomic E-state index is -0.584. The van der Waals surface area contributed by atoms with Crippen molar-refractivity contribution < 1.29 is 23.9 Å². The lowest BCUT2D eigenvalue weighted by atomic mass is 10.0. The molecule has 1 amide bonds. The van der Waals surface area contributed by atoms with Crippen molar-refractivity contribution >= 4 is 23.3 Å². The molecule has 31 heavy (non-hydrogen) atoms. The molecule has 0 spiro atoms. The number of carbonyl (C=O) groups excluding carboxylic acids is 3. The van der Waals surface area contributed by atoms with E-state index in [1.165, 1.54) is 0 Å². The van der Waals surface area contributed by atoms with Crippen LogP contribution >= 0.6 is 0 Å². The highest BCUT2D eigenvalue weighted by atomic mass is 16.6. The van der Waals surface area contributed by atoms with Crippen LogP contribution < -0.4 is 14.8 Å². The fourth-order valence-corrected chi connectivity index (χ4v) is 2.68. The molecule has 0 bridgehead atoms. The maximum absolute atomic E-state index is 12.4. The van der Waals surface area contributed by atoms with Gasteiger partial charge in [-0.3, -0.25) is 9.59 Å². The number of esters is 1. The van der Waals surface area contributed by atoms with Gasteiger partial charge in [-0.15, -0.1) is 0 Å². The standard InChI is InChI=1S/C25H23NO5/c1-17(2)25(29)26-20-9-6-10-22(15-20)30-16-23(27)31-21-13-11-19(12-14-21)24(28)18-7-4-3-5-8-18/h3-15,17H,16H2,1-2H3,(H,26,29). The second kappa shape index (κ2) is 10.2. The number of ether oxygens (including phenoxy) is 2. The molecule has 0 aliphatic carbocycles. The summed E-state index contributed by atoms with van der Waals surface area (Å²) in [5.41, 5.74) is 1.68. The Bertz CT molecular complexity index is 1060. The molecule has 3 aromatic carbocycles. The number of nitrogens with one attached hydrogen (secondary N) is 1. The molecule has 1 N–H and O–H groups in total. The molecule has 0 radical (unpaired) electrons. The number of anilines is 1. The Hall–Kier alpha value is -3.93. The van der Waals surface area contributed by atoms with Gasteiger partial charge in [0.15, 0.2) is 12.4 Å². The van der Waals surface area contributed by atoms with Crippen LogP contribution in [0.25, 0.3) is 0 Å². The van der Waals surface area contributed by atoms with Gasteiger partial charge in [0.2, 0.25) is 5.91 Å². The molecular weight excluding hydrogens is 394 g/mol. The van der Waals surface area contributed by atoms with Crippen LogP contribution in [-0.4, -0.2) is 24.3 Å². The molecule has 3 aromatic rings. The van der Waals surface area contributed by atoms with Crippen molar-refractivity contribution in [2.24, 2.45) is 5.92 Å². The molecule has 0 atom stereocenters. The zero-order chi connectivity index (χ0) is 22.2. The Morgan fingerprint density at radius 3 is 2.16 bits per heavy atom. The summed E-state index contributed by atoms with van der Waals surface area (Å²) >= 11 is 0. The van der Waals surface area contributed by atoms with Crippen molar-refractivity contribution in [1.82, 2.24) is 0 Å². The second-order valence-electron chi connectivity index (χ2n) is 7.15. The van der Waals surface area contributed by atoms with E-state index in [1.807, 2.05) is 6.07 Å². The number of hydrogen-bond acceptors (Lipinski definition) is 5. The molecular formula is C25H23NO5. The first-order valence-electron chi connectivity index (χ1n) is 9.86. The molecule has 0 unspecified atom stereocenters. The minimum Gasteiger partial charge on any atom is -0.482 e. The van der Waals surface area contributed by atoms with E-state index in [0.717, 1.165) is 0 Å². The molecule has 6 heteroatoms. The maximum atomic E-state index is 12.4. The molecule has 0 saturated heterocycles. The van der Waals surface area contributed by atoms with Gasteiger partial charge < -0.3 is 14.8 Å².